The number of hydrogen-bond acceptors (Lipinski definition) is 10. The molecule has 0 radical (unpaired) electrons. The van der Waals surface area contributed by atoms with Crippen molar-refractivity contribution in [2.75, 3.05) is 26.4 Å². The van der Waals surface area contributed by atoms with Crippen molar-refractivity contribution in [3.63, 3.8) is 0 Å². The van der Waals surface area contributed by atoms with E-state index in [-0.39, 0.29) is 12.8 Å². The molecule has 15 heteroatoms. The zero-order valence-electron chi connectivity index (χ0n) is 36.7. The van der Waals surface area contributed by atoms with Crippen LogP contribution < -0.4 is 0 Å². The number of rotatable bonds is 40. The zero-order chi connectivity index (χ0) is 45.1. The van der Waals surface area contributed by atoms with Crippen molar-refractivity contribution in [3.8, 4) is 0 Å². The minimum atomic E-state index is -4.88. The van der Waals surface area contributed by atoms with Crippen LogP contribution in [0.4, 0.5) is 0 Å². The monoisotopic (exact) mass is 898 g/mol. The van der Waals surface area contributed by atoms with Crippen molar-refractivity contribution in [2.45, 2.75) is 154 Å². The third-order valence-corrected chi connectivity index (χ3v) is 9.89. The first-order valence-electron chi connectivity index (χ1n) is 21.9. The molecule has 0 aromatic rings. The molecule has 0 aromatic heterocycles. The fraction of sp³-hybridized carbons (Fsp3) is 0.609. The number of carbonyl (C=O) groups excluding carboxylic acids is 2. The van der Waals surface area contributed by atoms with E-state index in [1.54, 1.807) is 0 Å². The van der Waals surface area contributed by atoms with Crippen molar-refractivity contribution in [3.05, 3.63) is 97.2 Å². The number of carbonyl (C=O) groups is 2. The number of ether oxygens (including phenoxy) is 2. The molecule has 0 spiro atoms. The molecule has 3 atom stereocenters. The number of allylic oxidation sites excluding steroid dienone is 16. The van der Waals surface area contributed by atoms with E-state index in [2.05, 4.69) is 102 Å². The molecule has 1 unspecified atom stereocenters. The van der Waals surface area contributed by atoms with E-state index in [9.17, 15) is 28.7 Å². The Kier molecular flexibility index (Phi) is 39.1. The molecule has 13 nitrogen and oxygen atoms in total. The van der Waals surface area contributed by atoms with Crippen LogP contribution in [0.5, 0.6) is 0 Å². The molecule has 0 heterocycles. The second kappa shape index (κ2) is 41.1. The summed E-state index contributed by atoms with van der Waals surface area (Å²) < 4.78 is 47.6. The van der Waals surface area contributed by atoms with E-state index in [1.807, 2.05) is 18.2 Å². The Morgan fingerprint density at radius 3 is 1.31 bits per heavy atom. The number of phosphoric acid groups is 2. The largest absolute Gasteiger partial charge is 0.472 e. The number of unbranched alkanes of at least 4 members (excludes halogenated alkanes) is 8. The number of hydrogen-bond donors (Lipinski definition) is 4. The molecule has 4 N–H and O–H groups in total. The number of phosphoric ester groups is 2. The summed E-state index contributed by atoms with van der Waals surface area (Å²) in [5, 5.41) is 9.74. The van der Waals surface area contributed by atoms with Crippen LogP contribution in [0.2, 0.25) is 0 Å². The quantitative estimate of drug-likeness (QED) is 0.0196. The van der Waals surface area contributed by atoms with Crippen molar-refractivity contribution in [2.24, 2.45) is 0 Å². The van der Waals surface area contributed by atoms with Gasteiger partial charge in [-0.2, -0.15) is 0 Å². The summed E-state index contributed by atoms with van der Waals surface area (Å²) in [5.74, 6) is -1.18. The molecule has 0 bridgehead atoms. The van der Waals surface area contributed by atoms with Gasteiger partial charge in [0.15, 0.2) is 6.10 Å². The summed E-state index contributed by atoms with van der Waals surface area (Å²) in [4.78, 5) is 52.6. The van der Waals surface area contributed by atoms with Gasteiger partial charge in [-0.05, 0) is 89.9 Å². The third-order valence-electron chi connectivity index (χ3n) is 8.45. The molecule has 0 aromatic carbocycles. The molecule has 0 aliphatic carbocycles. The normalized spacial score (nSPS) is 14.9. The van der Waals surface area contributed by atoms with E-state index in [0.29, 0.717) is 19.3 Å². The maximum Gasteiger partial charge on any atom is 0.472 e. The first-order chi connectivity index (χ1) is 29.4. The molecule has 0 aliphatic heterocycles. The molecule has 0 amide bonds. The predicted molar refractivity (Wildman–Crippen MR) is 243 cm³/mol. The standard InChI is InChI=1S/C46H76O13P2/c1-3-5-7-9-11-13-15-17-19-20-21-22-24-26-28-30-32-34-36-38-46(49)59-44(42-58-61(53,54)57-40-43(47)39-56-60(50,51)52)41-55-45(48)37-35-33-31-29-27-25-23-18-16-14-12-10-8-6-4-2/h11-14,17-19,21-23,26-29,32,34,43-44,47H,3-10,15-16,20,24-25,30-31,33,35-42H2,1-2H3,(H,53,54)(H2,50,51,52)/b13-11-,14-12-,19-17-,22-21-,23-18-,28-26-,29-27-,34-32-/t43-,44+/m0/s1. The van der Waals surface area contributed by atoms with Gasteiger partial charge >= 0.3 is 27.6 Å². The van der Waals surface area contributed by atoms with E-state index >= 15 is 0 Å². The summed E-state index contributed by atoms with van der Waals surface area (Å²) in [6.07, 6.45) is 48.4. The number of aliphatic hydroxyl groups is 1. The Hall–Kier alpha value is -2.96. The lowest BCUT2D eigenvalue weighted by molar-refractivity contribution is -0.161. The van der Waals surface area contributed by atoms with Gasteiger partial charge in [0.1, 0.15) is 12.7 Å². The Balaban J connectivity index is 4.73. The number of esters is 2. The summed E-state index contributed by atoms with van der Waals surface area (Å²) in [7, 11) is -9.72. The average molecular weight is 899 g/mol. The Morgan fingerprint density at radius 2 is 0.869 bits per heavy atom. The average Bonchev–Trinajstić information content (AvgIpc) is 3.22. The Bertz CT molecular complexity index is 1440. The van der Waals surface area contributed by atoms with Crippen molar-refractivity contribution in [1.29, 1.82) is 0 Å². The fourth-order valence-corrected chi connectivity index (χ4v) is 6.26. The molecule has 0 fully saturated rings. The summed E-state index contributed by atoms with van der Waals surface area (Å²) in [6.45, 7) is 1.56. The minimum Gasteiger partial charge on any atom is -0.462 e. The second-order valence-corrected chi connectivity index (χ2v) is 16.9. The highest BCUT2D eigenvalue weighted by Gasteiger charge is 2.28. The lowest BCUT2D eigenvalue weighted by atomic mass is 10.1. The lowest BCUT2D eigenvalue weighted by Crippen LogP contribution is -2.29. The zero-order valence-corrected chi connectivity index (χ0v) is 38.5. The van der Waals surface area contributed by atoms with Gasteiger partial charge in [0.05, 0.1) is 19.8 Å². The van der Waals surface area contributed by atoms with Gasteiger partial charge in [-0.3, -0.25) is 23.2 Å². The van der Waals surface area contributed by atoms with Crippen LogP contribution in [-0.4, -0.2) is 70.4 Å². The summed E-state index contributed by atoms with van der Waals surface area (Å²) >= 11 is 0. The fourth-order valence-electron chi connectivity index (χ4n) is 5.10. The first-order valence-corrected chi connectivity index (χ1v) is 25.0. The van der Waals surface area contributed by atoms with Crippen LogP contribution in [0, 0.1) is 0 Å². The third kappa shape index (κ3) is 44.9. The molecular weight excluding hydrogens is 822 g/mol. The Morgan fingerprint density at radius 1 is 0.475 bits per heavy atom. The summed E-state index contributed by atoms with van der Waals surface area (Å²) in [5.41, 5.74) is 0. The minimum absolute atomic E-state index is 0.00586. The molecule has 348 valence electrons. The van der Waals surface area contributed by atoms with E-state index in [4.69, 9.17) is 23.8 Å². The van der Waals surface area contributed by atoms with Crippen molar-refractivity contribution in [1.82, 2.24) is 0 Å². The summed E-state index contributed by atoms with van der Waals surface area (Å²) in [6, 6.07) is 0. The lowest BCUT2D eigenvalue weighted by Gasteiger charge is -2.20. The molecule has 0 rings (SSSR count). The van der Waals surface area contributed by atoms with E-state index in [0.717, 1.165) is 57.8 Å². The number of aliphatic hydroxyl groups excluding tert-OH is 1. The van der Waals surface area contributed by atoms with Gasteiger partial charge in [0.2, 0.25) is 0 Å². The highest BCUT2D eigenvalue weighted by molar-refractivity contribution is 7.47. The molecular formula is C46H76O13P2. The second-order valence-electron chi connectivity index (χ2n) is 14.3. The highest BCUT2D eigenvalue weighted by atomic mass is 31.2. The predicted octanol–water partition coefficient (Wildman–Crippen LogP) is 11.3. The highest BCUT2D eigenvalue weighted by Crippen LogP contribution is 2.43. The molecule has 0 saturated carbocycles. The maximum absolute atomic E-state index is 12.6. The molecule has 0 saturated heterocycles. The van der Waals surface area contributed by atoms with Gasteiger partial charge < -0.3 is 29.3 Å². The first kappa shape index (κ1) is 58.0. The van der Waals surface area contributed by atoms with Crippen LogP contribution in [-0.2, 0) is 41.8 Å². The van der Waals surface area contributed by atoms with Crippen LogP contribution in [0.1, 0.15) is 142 Å². The smallest absolute Gasteiger partial charge is 0.462 e. The van der Waals surface area contributed by atoms with Gasteiger partial charge in [0, 0.05) is 12.8 Å². The van der Waals surface area contributed by atoms with Crippen molar-refractivity contribution >= 4 is 27.6 Å². The maximum atomic E-state index is 12.6. The van der Waals surface area contributed by atoms with Gasteiger partial charge in [-0.1, -0.05) is 137 Å². The van der Waals surface area contributed by atoms with Crippen LogP contribution >= 0.6 is 15.6 Å². The SMILES string of the molecule is CCCCC/C=C\C/C=C\C/C=C\C/C=C\C/C=C\CCC(=O)O[C@H](COC(=O)CCCC/C=C\C/C=C\C/C=C\CCCCC)COP(=O)(O)OC[C@@H](O)COP(=O)(O)O. The van der Waals surface area contributed by atoms with Crippen LogP contribution in [0.25, 0.3) is 0 Å². The topological polar surface area (TPSA) is 195 Å². The van der Waals surface area contributed by atoms with E-state index in [1.165, 1.54) is 38.5 Å². The Labute approximate surface area is 366 Å². The van der Waals surface area contributed by atoms with Crippen LogP contribution in [0.3, 0.4) is 0 Å². The van der Waals surface area contributed by atoms with Gasteiger partial charge in [-0.15, -0.1) is 0 Å². The molecule has 0 aliphatic rings. The van der Waals surface area contributed by atoms with Gasteiger partial charge in [0.25, 0.3) is 0 Å². The van der Waals surface area contributed by atoms with E-state index < -0.39 is 66.2 Å². The van der Waals surface area contributed by atoms with Crippen molar-refractivity contribution < 1.29 is 61.6 Å². The van der Waals surface area contributed by atoms with Crippen LogP contribution in [0.15, 0.2) is 97.2 Å². The molecule has 61 heavy (non-hydrogen) atoms. The van der Waals surface area contributed by atoms with Gasteiger partial charge in [-0.25, -0.2) is 9.13 Å².